The minimum absolute atomic E-state index is 0.0331. The standard InChI is InChI=1S/C15H24N2O/c1-11-8-13(15(2,3)4)7-6-12(11)10-17(5)14(18)9-16/h6-8H,9-10,16H2,1-5H3. The number of carbonyl (C=O) groups is 1. The molecular formula is C15H24N2O. The molecule has 0 aliphatic heterocycles. The van der Waals surface area contributed by atoms with E-state index in [2.05, 4.69) is 45.9 Å². The second-order valence-corrected chi connectivity index (χ2v) is 5.85. The van der Waals surface area contributed by atoms with Crippen LogP contribution in [0.4, 0.5) is 0 Å². The minimum atomic E-state index is -0.0331. The fraction of sp³-hybridized carbons (Fsp3) is 0.533. The van der Waals surface area contributed by atoms with E-state index in [0.717, 1.165) is 0 Å². The van der Waals surface area contributed by atoms with E-state index in [-0.39, 0.29) is 17.9 Å². The highest BCUT2D eigenvalue weighted by atomic mass is 16.2. The van der Waals surface area contributed by atoms with Gasteiger partial charge in [-0.05, 0) is 29.0 Å². The molecule has 18 heavy (non-hydrogen) atoms. The highest BCUT2D eigenvalue weighted by Gasteiger charge is 2.15. The number of likely N-dealkylation sites (N-methyl/N-ethyl adjacent to an activating group) is 1. The van der Waals surface area contributed by atoms with Crippen LogP contribution in [-0.4, -0.2) is 24.4 Å². The fourth-order valence-corrected chi connectivity index (χ4v) is 1.84. The second kappa shape index (κ2) is 5.53. The summed E-state index contributed by atoms with van der Waals surface area (Å²) >= 11 is 0. The molecule has 0 aliphatic carbocycles. The first-order valence-corrected chi connectivity index (χ1v) is 6.29. The molecule has 0 saturated heterocycles. The summed E-state index contributed by atoms with van der Waals surface area (Å²) in [4.78, 5) is 13.1. The monoisotopic (exact) mass is 248 g/mol. The van der Waals surface area contributed by atoms with Crippen LogP contribution in [0.3, 0.4) is 0 Å². The van der Waals surface area contributed by atoms with Crippen molar-refractivity contribution in [1.29, 1.82) is 0 Å². The van der Waals surface area contributed by atoms with Crippen molar-refractivity contribution in [2.24, 2.45) is 5.73 Å². The molecule has 0 atom stereocenters. The molecule has 0 bridgehead atoms. The summed E-state index contributed by atoms with van der Waals surface area (Å²) in [7, 11) is 1.78. The van der Waals surface area contributed by atoms with Crippen LogP contribution in [-0.2, 0) is 16.8 Å². The molecule has 1 rings (SSSR count). The fourth-order valence-electron chi connectivity index (χ4n) is 1.84. The maximum atomic E-state index is 11.5. The molecule has 100 valence electrons. The van der Waals surface area contributed by atoms with Gasteiger partial charge in [0.05, 0.1) is 6.54 Å². The molecule has 2 N–H and O–H groups in total. The third kappa shape index (κ3) is 3.57. The molecule has 0 spiro atoms. The van der Waals surface area contributed by atoms with Crippen molar-refractivity contribution in [3.63, 3.8) is 0 Å². The number of amides is 1. The zero-order valence-corrected chi connectivity index (χ0v) is 12.1. The molecule has 1 amide bonds. The lowest BCUT2D eigenvalue weighted by Crippen LogP contribution is -2.32. The van der Waals surface area contributed by atoms with Gasteiger partial charge in [-0.1, -0.05) is 39.0 Å². The SMILES string of the molecule is Cc1cc(C(C)(C)C)ccc1CN(C)C(=O)CN. The summed E-state index contributed by atoms with van der Waals surface area (Å²) < 4.78 is 0. The van der Waals surface area contributed by atoms with Crippen LogP contribution in [0.15, 0.2) is 18.2 Å². The van der Waals surface area contributed by atoms with Crippen molar-refractivity contribution in [3.05, 3.63) is 34.9 Å². The van der Waals surface area contributed by atoms with Gasteiger partial charge in [-0.3, -0.25) is 4.79 Å². The normalized spacial score (nSPS) is 11.4. The molecule has 0 radical (unpaired) electrons. The van der Waals surface area contributed by atoms with Gasteiger partial charge in [-0.15, -0.1) is 0 Å². The van der Waals surface area contributed by atoms with Gasteiger partial charge in [0.2, 0.25) is 5.91 Å². The number of aryl methyl sites for hydroxylation is 1. The molecule has 0 aliphatic rings. The molecule has 0 aromatic heterocycles. The third-order valence-electron chi connectivity index (χ3n) is 3.22. The van der Waals surface area contributed by atoms with Crippen molar-refractivity contribution in [2.75, 3.05) is 13.6 Å². The maximum Gasteiger partial charge on any atom is 0.236 e. The molecule has 0 fully saturated rings. The Morgan fingerprint density at radius 1 is 1.33 bits per heavy atom. The number of hydrogen-bond acceptors (Lipinski definition) is 2. The number of nitrogens with two attached hydrogens (primary N) is 1. The molecule has 1 aromatic rings. The van der Waals surface area contributed by atoms with Gasteiger partial charge in [0.1, 0.15) is 0 Å². The van der Waals surface area contributed by atoms with Crippen molar-refractivity contribution in [1.82, 2.24) is 4.90 Å². The Labute approximate surface area is 110 Å². The predicted molar refractivity (Wildman–Crippen MR) is 75.4 cm³/mol. The molecule has 3 heteroatoms. The van der Waals surface area contributed by atoms with Gasteiger partial charge < -0.3 is 10.6 Å². The molecular weight excluding hydrogens is 224 g/mol. The number of rotatable bonds is 3. The zero-order valence-electron chi connectivity index (χ0n) is 12.1. The molecule has 3 nitrogen and oxygen atoms in total. The van der Waals surface area contributed by atoms with E-state index in [4.69, 9.17) is 5.73 Å². The number of hydrogen-bond donors (Lipinski definition) is 1. The first kappa shape index (κ1) is 14.7. The number of nitrogens with zero attached hydrogens (tertiary/aromatic N) is 1. The van der Waals surface area contributed by atoms with Crippen LogP contribution in [0.2, 0.25) is 0 Å². The van der Waals surface area contributed by atoms with E-state index in [1.807, 2.05) is 0 Å². The average molecular weight is 248 g/mol. The molecule has 0 heterocycles. The average Bonchev–Trinajstić information content (AvgIpc) is 2.29. The minimum Gasteiger partial charge on any atom is -0.340 e. The van der Waals surface area contributed by atoms with Crippen LogP contribution < -0.4 is 5.73 Å². The van der Waals surface area contributed by atoms with Crippen LogP contribution in [0.1, 0.15) is 37.5 Å². The Kier molecular flexibility index (Phi) is 4.52. The van der Waals surface area contributed by atoms with Gasteiger partial charge in [0.25, 0.3) is 0 Å². The first-order valence-electron chi connectivity index (χ1n) is 6.29. The van der Waals surface area contributed by atoms with E-state index in [1.54, 1.807) is 11.9 Å². The summed E-state index contributed by atoms with van der Waals surface area (Å²) in [5.41, 5.74) is 9.22. The third-order valence-corrected chi connectivity index (χ3v) is 3.22. The van der Waals surface area contributed by atoms with Crippen molar-refractivity contribution in [2.45, 2.75) is 39.7 Å². The van der Waals surface area contributed by atoms with Crippen LogP contribution in [0.25, 0.3) is 0 Å². The summed E-state index contributed by atoms with van der Waals surface area (Å²) in [5, 5.41) is 0. The summed E-state index contributed by atoms with van der Waals surface area (Å²) in [6.07, 6.45) is 0. The Balaban J connectivity index is 2.90. The Bertz CT molecular complexity index is 433. The number of benzene rings is 1. The quantitative estimate of drug-likeness (QED) is 0.891. The zero-order chi connectivity index (χ0) is 13.9. The van der Waals surface area contributed by atoms with Gasteiger partial charge >= 0.3 is 0 Å². The van der Waals surface area contributed by atoms with Crippen molar-refractivity contribution >= 4 is 5.91 Å². The highest BCUT2D eigenvalue weighted by molar-refractivity contribution is 5.77. The van der Waals surface area contributed by atoms with Crippen LogP contribution >= 0.6 is 0 Å². The maximum absolute atomic E-state index is 11.5. The van der Waals surface area contributed by atoms with Gasteiger partial charge in [0, 0.05) is 13.6 Å². The van der Waals surface area contributed by atoms with Crippen LogP contribution in [0, 0.1) is 6.92 Å². The van der Waals surface area contributed by atoms with Crippen molar-refractivity contribution < 1.29 is 4.79 Å². The van der Waals surface area contributed by atoms with E-state index >= 15 is 0 Å². The lowest BCUT2D eigenvalue weighted by molar-refractivity contribution is -0.128. The lowest BCUT2D eigenvalue weighted by atomic mass is 9.85. The van der Waals surface area contributed by atoms with Gasteiger partial charge in [-0.2, -0.15) is 0 Å². The lowest BCUT2D eigenvalue weighted by Gasteiger charge is -2.22. The molecule has 0 saturated carbocycles. The van der Waals surface area contributed by atoms with E-state index in [1.165, 1.54) is 16.7 Å². The largest absolute Gasteiger partial charge is 0.340 e. The van der Waals surface area contributed by atoms with Gasteiger partial charge in [-0.25, -0.2) is 0 Å². The summed E-state index contributed by atoms with van der Waals surface area (Å²) in [5.74, 6) is -0.0331. The smallest absolute Gasteiger partial charge is 0.236 e. The number of carbonyl (C=O) groups excluding carboxylic acids is 1. The second-order valence-electron chi connectivity index (χ2n) is 5.85. The Morgan fingerprint density at radius 3 is 2.39 bits per heavy atom. The Hall–Kier alpha value is -1.35. The van der Waals surface area contributed by atoms with E-state index < -0.39 is 0 Å². The topological polar surface area (TPSA) is 46.3 Å². The molecule has 0 unspecified atom stereocenters. The van der Waals surface area contributed by atoms with Crippen LogP contribution in [0.5, 0.6) is 0 Å². The predicted octanol–water partition coefficient (Wildman–Crippen LogP) is 2.21. The summed E-state index contributed by atoms with van der Waals surface area (Å²) in [6.45, 7) is 9.37. The summed E-state index contributed by atoms with van der Waals surface area (Å²) in [6, 6.07) is 6.45. The van der Waals surface area contributed by atoms with Gasteiger partial charge in [0.15, 0.2) is 0 Å². The van der Waals surface area contributed by atoms with E-state index in [9.17, 15) is 4.79 Å². The Morgan fingerprint density at radius 2 is 1.94 bits per heavy atom. The highest BCUT2D eigenvalue weighted by Crippen LogP contribution is 2.24. The molecule has 1 aromatic carbocycles. The van der Waals surface area contributed by atoms with E-state index in [0.29, 0.717) is 6.54 Å². The van der Waals surface area contributed by atoms with Crippen molar-refractivity contribution in [3.8, 4) is 0 Å². The first-order chi connectivity index (χ1) is 8.25.